The first-order valence-electron chi connectivity index (χ1n) is 10.9. The van der Waals surface area contributed by atoms with Crippen LogP contribution in [0.1, 0.15) is 44.9 Å². The van der Waals surface area contributed by atoms with Gasteiger partial charge in [-0.15, -0.1) is 0 Å². The van der Waals surface area contributed by atoms with Crippen LogP contribution in [0.3, 0.4) is 0 Å². The maximum Gasteiger partial charge on any atom is 0.243 e. The van der Waals surface area contributed by atoms with Crippen molar-refractivity contribution in [1.82, 2.24) is 9.62 Å². The molecule has 2 aliphatic heterocycles. The summed E-state index contributed by atoms with van der Waals surface area (Å²) in [6.45, 7) is 6.31. The normalized spacial score (nSPS) is 19.2. The van der Waals surface area contributed by atoms with Gasteiger partial charge in [0.25, 0.3) is 0 Å². The fourth-order valence-electron chi connectivity index (χ4n) is 4.45. The summed E-state index contributed by atoms with van der Waals surface area (Å²) in [5.74, 6) is 0.264. The summed E-state index contributed by atoms with van der Waals surface area (Å²) in [4.78, 5) is 27.4. The highest BCUT2D eigenvalue weighted by Crippen LogP contribution is 2.42. The summed E-state index contributed by atoms with van der Waals surface area (Å²) in [6, 6.07) is 8.25. The Hall–Kier alpha value is -2.65. The Balaban J connectivity index is 1.53. The second-order valence-corrected chi connectivity index (χ2v) is 11.0. The molecule has 0 bridgehead atoms. The van der Waals surface area contributed by atoms with E-state index in [4.69, 9.17) is 4.42 Å². The standard InChI is InChI=1S/C23H29N3O5S/c1-16(13-17-7-6-12-31-17)24-21(27)15-26-20-9-8-18(14-19(20)23(2,3)22(26)28)32(29,30)25-10-4-5-11-25/h6-9,12,14,16H,4-5,10-11,13,15H2,1-3H3,(H,24,27)/t16-/m0/s1. The number of carbonyl (C=O) groups excluding carboxylic acids is 2. The molecule has 2 aromatic rings. The number of nitrogens with zero attached hydrogens (tertiary/aromatic N) is 2. The quantitative estimate of drug-likeness (QED) is 0.686. The predicted octanol–water partition coefficient (Wildman–Crippen LogP) is 2.44. The first-order chi connectivity index (χ1) is 15.1. The molecule has 2 aliphatic rings. The van der Waals surface area contributed by atoms with E-state index in [-0.39, 0.29) is 29.3 Å². The third-order valence-electron chi connectivity index (χ3n) is 6.21. The van der Waals surface area contributed by atoms with Crippen LogP contribution in [0.4, 0.5) is 5.69 Å². The van der Waals surface area contributed by atoms with Gasteiger partial charge in [-0.1, -0.05) is 0 Å². The molecular weight excluding hydrogens is 430 g/mol. The van der Waals surface area contributed by atoms with Gasteiger partial charge in [-0.25, -0.2) is 8.42 Å². The summed E-state index contributed by atoms with van der Waals surface area (Å²) >= 11 is 0. The van der Waals surface area contributed by atoms with Gasteiger partial charge in [-0.3, -0.25) is 9.59 Å². The first-order valence-corrected chi connectivity index (χ1v) is 12.3. The second kappa shape index (κ2) is 8.37. The highest BCUT2D eigenvalue weighted by atomic mass is 32.2. The molecule has 8 nitrogen and oxygen atoms in total. The molecule has 3 heterocycles. The van der Waals surface area contributed by atoms with Gasteiger partial charge in [0.05, 0.1) is 16.6 Å². The van der Waals surface area contributed by atoms with Crippen molar-refractivity contribution in [1.29, 1.82) is 0 Å². The van der Waals surface area contributed by atoms with Crippen molar-refractivity contribution >= 4 is 27.5 Å². The minimum absolute atomic E-state index is 0.129. The van der Waals surface area contributed by atoms with Crippen molar-refractivity contribution in [2.24, 2.45) is 0 Å². The van der Waals surface area contributed by atoms with E-state index in [0.29, 0.717) is 30.8 Å². The Morgan fingerprint density at radius 3 is 2.59 bits per heavy atom. The summed E-state index contributed by atoms with van der Waals surface area (Å²) in [5, 5.41) is 2.90. The molecule has 1 fully saturated rings. The minimum atomic E-state index is -3.59. The lowest BCUT2D eigenvalue weighted by molar-refractivity contribution is -0.125. The Morgan fingerprint density at radius 1 is 1.22 bits per heavy atom. The van der Waals surface area contributed by atoms with Crippen LogP contribution >= 0.6 is 0 Å². The molecule has 1 atom stereocenters. The van der Waals surface area contributed by atoms with Crippen LogP contribution in [0.2, 0.25) is 0 Å². The number of furan rings is 1. The molecule has 172 valence electrons. The molecule has 0 saturated carbocycles. The fourth-order valence-corrected chi connectivity index (χ4v) is 6.00. The molecule has 1 saturated heterocycles. The number of carbonyl (C=O) groups is 2. The van der Waals surface area contributed by atoms with Crippen LogP contribution in [-0.2, 0) is 31.4 Å². The number of nitrogens with one attached hydrogen (secondary N) is 1. The summed E-state index contributed by atoms with van der Waals surface area (Å²) in [6.07, 6.45) is 3.85. The zero-order chi connectivity index (χ0) is 23.1. The third kappa shape index (κ3) is 4.06. The zero-order valence-corrected chi connectivity index (χ0v) is 19.4. The topological polar surface area (TPSA) is 99.9 Å². The minimum Gasteiger partial charge on any atom is -0.469 e. The monoisotopic (exact) mass is 459 g/mol. The summed E-state index contributed by atoms with van der Waals surface area (Å²) < 4.78 is 32.8. The van der Waals surface area contributed by atoms with E-state index in [1.165, 1.54) is 15.3 Å². The average molecular weight is 460 g/mol. The zero-order valence-electron chi connectivity index (χ0n) is 18.6. The van der Waals surface area contributed by atoms with Crippen LogP contribution in [0, 0.1) is 0 Å². The molecule has 32 heavy (non-hydrogen) atoms. The van der Waals surface area contributed by atoms with E-state index in [9.17, 15) is 18.0 Å². The number of hydrogen-bond donors (Lipinski definition) is 1. The Labute approximate surface area is 188 Å². The molecule has 1 aromatic heterocycles. The number of hydrogen-bond acceptors (Lipinski definition) is 5. The lowest BCUT2D eigenvalue weighted by Gasteiger charge is -2.21. The molecule has 4 rings (SSSR count). The lowest BCUT2D eigenvalue weighted by Crippen LogP contribution is -2.45. The van der Waals surface area contributed by atoms with E-state index in [2.05, 4.69) is 5.32 Å². The third-order valence-corrected chi connectivity index (χ3v) is 8.11. The number of benzene rings is 1. The Bertz CT molecular complexity index is 1120. The molecule has 2 amide bonds. The number of sulfonamides is 1. The van der Waals surface area contributed by atoms with Crippen molar-refractivity contribution in [3.8, 4) is 0 Å². The number of amides is 2. The van der Waals surface area contributed by atoms with Gasteiger partial charge in [0.2, 0.25) is 21.8 Å². The summed E-state index contributed by atoms with van der Waals surface area (Å²) in [5.41, 5.74) is 0.278. The van der Waals surface area contributed by atoms with E-state index in [1.807, 2.05) is 13.0 Å². The van der Waals surface area contributed by atoms with Crippen LogP contribution in [0.15, 0.2) is 45.9 Å². The highest BCUT2D eigenvalue weighted by molar-refractivity contribution is 7.89. The van der Waals surface area contributed by atoms with Crippen molar-refractivity contribution in [3.05, 3.63) is 47.9 Å². The van der Waals surface area contributed by atoms with Crippen molar-refractivity contribution in [2.45, 2.75) is 56.4 Å². The molecule has 0 spiro atoms. The van der Waals surface area contributed by atoms with Gasteiger partial charge in [-0.05, 0) is 69.5 Å². The van der Waals surface area contributed by atoms with Crippen LogP contribution in [0.5, 0.6) is 0 Å². The number of fused-ring (bicyclic) bond motifs is 1. The van der Waals surface area contributed by atoms with Gasteiger partial charge < -0.3 is 14.6 Å². The maximum atomic E-state index is 13.1. The van der Waals surface area contributed by atoms with Gasteiger partial charge >= 0.3 is 0 Å². The largest absolute Gasteiger partial charge is 0.469 e. The molecule has 9 heteroatoms. The fraction of sp³-hybridized carbons (Fsp3) is 0.478. The first kappa shape index (κ1) is 22.5. The van der Waals surface area contributed by atoms with Crippen molar-refractivity contribution in [3.63, 3.8) is 0 Å². The average Bonchev–Trinajstić information content (AvgIpc) is 3.47. The molecule has 1 aromatic carbocycles. The lowest BCUT2D eigenvalue weighted by atomic mass is 9.86. The van der Waals surface area contributed by atoms with Gasteiger partial charge in [0.1, 0.15) is 12.3 Å². The second-order valence-electron chi connectivity index (χ2n) is 9.06. The predicted molar refractivity (Wildman–Crippen MR) is 120 cm³/mol. The van der Waals surface area contributed by atoms with E-state index in [0.717, 1.165) is 18.6 Å². The van der Waals surface area contributed by atoms with Crippen molar-refractivity contribution < 1.29 is 22.4 Å². The van der Waals surface area contributed by atoms with Gasteiger partial charge in [0, 0.05) is 31.2 Å². The van der Waals surface area contributed by atoms with Crippen molar-refractivity contribution in [2.75, 3.05) is 24.5 Å². The number of anilines is 1. The van der Waals surface area contributed by atoms with Gasteiger partial charge in [-0.2, -0.15) is 4.31 Å². The van der Waals surface area contributed by atoms with E-state index < -0.39 is 15.4 Å². The highest BCUT2D eigenvalue weighted by Gasteiger charge is 2.45. The van der Waals surface area contributed by atoms with Crippen LogP contribution < -0.4 is 10.2 Å². The van der Waals surface area contributed by atoms with Crippen LogP contribution in [0.25, 0.3) is 0 Å². The smallest absolute Gasteiger partial charge is 0.243 e. The van der Waals surface area contributed by atoms with Crippen LogP contribution in [-0.4, -0.2) is 50.2 Å². The Morgan fingerprint density at radius 2 is 1.94 bits per heavy atom. The van der Waals surface area contributed by atoms with Gasteiger partial charge in [0.15, 0.2) is 0 Å². The van der Waals surface area contributed by atoms with E-state index in [1.54, 1.807) is 38.3 Å². The molecule has 0 aliphatic carbocycles. The molecule has 1 N–H and O–H groups in total. The molecule has 0 unspecified atom stereocenters. The number of rotatable bonds is 7. The SMILES string of the molecule is C[C@@H](Cc1ccco1)NC(=O)CN1C(=O)C(C)(C)c2cc(S(=O)(=O)N3CCCC3)ccc21. The maximum absolute atomic E-state index is 13.1. The summed E-state index contributed by atoms with van der Waals surface area (Å²) in [7, 11) is -3.59. The van der Waals surface area contributed by atoms with E-state index >= 15 is 0 Å². The molecular formula is C23H29N3O5S. The molecule has 0 radical (unpaired) electrons. The Kier molecular flexibility index (Phi) is 5.89.